The predicted molar refractivity (Wildman–Crippen MR) is 97.4 cm³/mol. The lowest BCUT2D eigenvalue weighted by atomic mass is 9.85. The van der Waals surface area contributed by atoms with Gasteiger partial charge in [0.15, 0.2) is 0 Å². The second kappa shape index (κ2) is 5.84. The Hall–Kier alpha value is -2.88. The molecule has 2 fully saturated rings. The maximum atomic E-state index is 12.8. The third-order valence-corrected chi connectivity index (χ3v) is 5.81. The first-order valence-electron chi connectivity index (χ1n) is 9.05. The van der Waals surface area contributed by atoms with Crippen molar-refractivity contribution in [2.45, 2.75) is 13.0 Å². The number of amides is 2. The Bertz CT molecular complexity index is 857. The summed E-state index contributed by atoms with van der Waals surface area (Å²) < 4.78 is 5.78. The van der Waals surface area contributed by atoms with E-state index in [4.69, 9.17) is 4.74 Å². The molecule has 1 heterocycles. The third kappa shape index (κ3) is 2.29. The van der Waals surface area contributed by atoms with Gasteiger partial charge in [0, 0.05) is 0 Å². The fraction of sp³-hybridized carbons (Fsp3) is 0.273. The van der Waals surface area contributed by atoms with Crippen molar-refractivity contribution >= 4 is 17.5 Å². The van der Waals surface area contributed by atoms with E-state index in [1.54, 1.807) is 12.1 Å². The van der Waals surface area contributed by atoms with Gasteiger partial charge in [0.25, 0.3) is 0 Å². The lowest BCUT2D eigenvalue weighted by molar-refractivity contribution is -0.123. The summed E-state index contributed by atoms with van der Waals surface area (Å²) in [6.45, 7) is 0.487. The molecule has 1 saturated heterocycles. The molecule has 4 nitrogen and oxygen atoms in total. The molecule has 0 radical (unpaired) electrons. The van der Waals surface area contributed by atoms with Crippen molar-refractivity contribution in [1.29, 1.82) is 0 Å². The first-order chi connectivity index (χ1) is 12.7. The van der Waals surface area contributed by atoms with Gasteiger partial charge in [-0.2, -0.15) is 0 Å². The molecule has 1 saturated carbocycles. The normalized spacial score (nSPS) is 28.7. The van der Waals surface area contributed by atoms with Gasteiger partial charge in [0.05, 0.1) is 17.5 Å². The van der Waals surface area contributed by atoms with Crippen molar-refractivity contribution < 1.29 is 14.3 Å². The first-order valence-corrected chi connectivity index (χ1v) is 9.05. The SMILES string of the molecule is O=C1[C@@H]2[C@H](C(=O)N1c1ccc(OCc3ccccc3)cc1)[C@H]1C=C[C@H]2C1. The highest BCUT2D eigenvalue weighted by molar-refractivity contribution is 6.22. The second-order valence-electron chi connectivity index (χ2n) is 7.28. The molecule has 2 amide bonds. The van der Waals surface area contributed by atoms with E-state index >= 15 is 0 Å². The number of allylic oxidation sites excluding steroid dienone is 2. The minimum absolute atomic E-state index is 0.0465. The maximum absolute atomic E-state index is 12.8. The number of fused-ring (bicyclic) bond motifs is 5. The molecule has 0 unspecified atom stereocenters. The van der Waals surface area contributed by atoms with Crippen LogP contribution in [0.2, 0.25) is 0 Å². The Morgan fingerprint density at radius 1 is 0.846 bits per heavy atom. The summed E-state index contributed by atoms with van der Waals surface area (Å²) in [7, 11) is 0. The maximum Gasteiger partial charge on any atom is 0.238 e. The van der Waals surface area contributed by atoms with Crippen molar-refractivity contribution in [2.75, 3.05) is 4.90 Å². The van der Waals surface area contributed by atoms with Crippen LogP contribution in [0, 0.1) is 23.7 Å². The molecule has 2 aromatic carbocycles. The predicted octanol–water partition coefficient (Wildman–Crippen LogP) is 3.58. The topological polar surface area (TPSA) is 46.6 Å². The highest BCUT2D eigenvalue weighted by Gasteiger charge is 2.59. The molecule has 4 atom stereocenters. The molecule has 2 aliphatic carbocycles. The van der Waals surface area contributed by atoms with Crippen LogP contribution in [0.5, 0.6) is 5.75 Å². The quantitative estimate of drug-likeness (QED) is 0.629. The number of rotatable bonds is 4. The highest BCUT2D eigenvalue weighted by atomic mass is 16.5. The van der Waals surface area contributed by atoms with Gasteiger partial charge in [-0.25, -0.2) is 0 Å². The molecule has 0 spiro atoms. The van der Waals surface area contributed by atoms with E-state index in [0.717, 1.165) is 17.7 Å². The Morgan fingerprint density at radius 2 is 1.46 bits per heavy atom. The molecular weight excluding hydrogens is 326 g/mol. The van der Waals surface area contributed by atoms with Gasteiger partial charge in [-0.15, -0.1) is 0 Å². The van der Waals surface area contributed by atoms with Crippen molar-refractivity contribution in [2.24, 2.45) is 23.7 Å². The smallest absolute Gasteiger partial charge is 0.238 e. The van der Waals surface area contributed by atoms with E-state index < -0.39 is 0 Å². The Kier molecular flexibility index (Phi) is 3.45. The minimum atomic E-state index is -0.161. The summed E-state index contributed by atoms with van der Waals surface area (Å²) in [6, 6.07) is 17.2. The van der Waals surface area contributed by atoms with Gasteiger partial charge in [-0.1, -0.05) is 42.5 Å². The van der Waals surface area contributed by atoms with Gasteiger partial charge in [-0.3, -0.25) is 14.5 Å². The summed E-state index contributed by atoms with van der Waals surface area (Å²) in [5.41, 5.74) is 1.73. The van der Waals surface area contributed by atoms with Gasteiger partial charge in [-0.05, 0) is 48.1 Å². The van der Waals surface area contributed by atoms with E-state index in [1.807, 2.05) is 42.5 Å². The third-order valence-electron chi connectivity index (χ3n) is 5.81. The summed E-state index contributed by atoms with van der Waals surface area (Å²) in [5, 5.41) is 0. The van der Waals surface area contributed by atoms with Crippen molar-refractivity contribution in [3.05, 3.63) is 72.3 Å². The lowest BCUT2D eigenvalue weighted by Gasteiger charge is -2.17. The van der Waals surface area contributed by atoms with Crippen LogP contribution in [0.4, 0.5) is 5.69 Å². The number of benzene rings is 2. The molecule has 2 aromatic rings. The van der Waals surface area contributed by atoms with E-state index in [0.29, 0.717) is 12.3 Å². The second-order valence-corrected chi connectivity index (χ2v) is 7.28. The van der Waals surface area contributed by atoms with E-state index in [1.165, 1.54) is 4.90 Å². The molecule has 4 heteroatoms. The summed E-state index contributed by atoms with van der Waals surface area (Å²) in [6.07, 6.45) is 5.18. The number of hydrogen-bond donors (Lipinski definition) is 0. The van der Waals surface area contributed by atoms with Crippen molar-refractivity contribution in [3.8, 4) is 5.75 Å². The van der Waals surface area contributed by atoms with Gasteiger partial charge in [0.2, 0.25) is 11.8 Å². The number of carbonyl (C=O) groups excluding carboxylic acids is 2. The monoisotopic (exact) mass is 345 g/mol. The summed E-state index contributed by atoms with van der Waals surface area (Å²) in [5.74, 6) is 0.779. The molecule has 2 bridgehead atoms. The zero-order chi connectivity index (χ0) is 17.7. The fourth-order valence-electron chi connectivity index (χ4n) is 4.59. The average molecular weight is 345 g/mol. The van der Waals surface area contributed by atoms with Gasteiger partial charge in [0.1, 0.15) is 12.4 Å². The number of carbonyl (C=O) groups is 2. The van der Waals surface area contributed by atoms with Crippen LogP contribution in [-0.2, 0) is 16.2 Å². The minimum Gasteiger partial charge on any atom is -0.489 e. The molecular formula is C22H19NO3. The molecule has 3 aliphatic rings. The molecule has 26 heavy (non-hydrogen) atoms. The average Bonchev–Trinajstić information content (AvgIpc) is 3.35. The Labute approximate surface area is 152 Å². The van der Waals surface area contributed by atoms with Crippen LogP contribution in [0.15, 0.2) is 66.7 Å². The molecule has 0 aromatic heterocycles. The van der Waals surface area contributed by atoms with Crippen LogP contribution in [-0.4, -0.2) is 11.8 Å². The van der Waals surface area contributed by atoms with Gasteiger partial charge >= 0.3 is 0 Å². The molecule has 0 N–H and O–H groups in total. The number of ether oxygens (including phenoxy) is 1. The largest absolute Gasteiger partial charge is 0.489 e. The fourth-order valence-corrected chi connectivity index (χ4v) is 4.59. The molecule has 5 rings (SSSR count). The standard InChI is InChI=1S/C22H19NO3/c24-21-19-15-6-7-16(12-15)20(19)22(25)23(21)17-8-10-18(11-9-17)26-13-14-4-2-1-3-5-14/h1-11,15-16,19-20H,12-13H2/t15-,16-,19-,20+/m0/s1. The van der Waals surface area contributed by atoms with E-state index in [-0.39, 0.29) is 35.5 Å². The first kappa shape index (κ1) is 15.4. The van der Waals surface area contributed by atoms with Gasteiger partial charge < -0.3 is 4.74 Å². The zero-order valence-electron chi connectivity index (χ0n) is 14.2. The number of nitrogens with zero attached hydrogens (tertiary/aromatic N) is 1. The lowest BCUT2D eigenvalue weighted by Crippen LogP contribution is -2.32. The van der Waals surface area contributed by atoms with Crippen molar-refractivity contribution in [1.82, 2.24) is 0 Å². The van der Waals surface area contributed by atoms with Crippen LogP contribution < -0.4 is 9.64 Å². The van der Waals surface area contributed by atoms with E-state index in [9.17, 15) is 9.59 Å². The van der Waals surface area contributed by atoms with Crippen LogP contribution >= 0.6 is 0 Å². The number of hydrogen-bond acceptors (Lipinski definition) is 3. The zero-order valence-corrected chi connectivity index (χ0v) is 14.2. The highest BCUT2D eigenvalue weighted by Crippen LogP contribution is 2.53. The van der Waals surface area contributed by atoms with Crippen molar-refractivity contribution in [3.63, 3.8) is 0 Å². The Balaban J connectivity index is 1.32. The van der Waals surface area contributed by atoms with Crippen LogP contribution in [0.3, 0.4) is 0 Å². The molecule has 1 aliphatic heterocycles. The molecule has 130 valence electrons. The van der Waals surface area contributed by atoms with Crippen LogP contribution in [0.1, 0.15) is 12.0 Å². The van der Waals surface area contributed by atoms with E-state index in [2.05, 4.69) is 12.2 Å². The summed E-state index contributed by atoms with van der Waals surface area (Å²) in [4.78, 5) is 27.0. The Morgan fingerprint density at radius 3 is 2.08 bits per heavy atom. The number of anilines is 1. The number of imide groups is 1. The summed E-state index contributed by atoms with van der Waals surface area (Å²) >= 11 is 0. The van der Waals surface area contributed by atoms with Crippen LogP contribution in [0.25, 0.3) is 0 Å².